The molecule has 2 aromatic rings. The van der Waals surface area contributed by atoms with Gasteiger partial charge in [-0.3, -0.25) is 4.98 Å². The summed E-state index contributed by atoms with van der Waals surface area (Å²) < 4.78 is 0. The van der Waals surface area contributed by atoms with Gasteiger partial charge in [0.2, 0.25) is 0 Å². The number of nitrogens with zero attached hydrogens (tertiary/aromatic N) is 2. The van der Waals surface area contributed by atoms with Crippen LogP contribution in [-0.4, -0.2) is 9.97 Å². The molecule has 2 aromatic heterocycles. The smallest absolute Gasteiger partial charge is 0.126 e. The van der Waals surface area contributed by atoms with Crippen molar-refractivity contribution >= 4 is 5.82 Å². The number of anilines is 1. The number of hydrogen-bond acceptors (Lipinski definition) is 3. The first kappa shape index (κ1) is 8.69. The Balaban J connectivity index is 2.58. The number of pyridine rings is 2. The summed E-state index contributed by atoms with van der Waals surface area (Å²) in [5.74, 6) is 0.575. The van der Waals surface area contributed by atoms with E-state index in [4.69, 9.17) is 5.73 Å². The van der Waals surface area contributed by atoms with Gasteiger partial charge in [0, 0.05) is 24.2 Å². The molecule has 0 saturated heterocycles. The Morgan fingerprint density at radius 2 is 2.07 bits per heavy atom. The summed E-state index contributed by atoms with van der Waals surface area (Å²) in [7, 11) is 0. The Morgan fingerprint density at radius 3 is 2.79 bits per heavy atom. The van der Waals surface area contributed by atoms with Gasteiger partial charge in [-0.1, -0.05) is 6.07 Å². The number of rotatable bonds is 1. The zero-order valence-electron chi connectivity index (χ0n) is 7.94. The average Bonchev–Trinajstić information content (AvgIpc) is 2.23. The van der Waals surface area contributed by atoms with Crippen molar-refractivity contribution in [3.8, 4) is 11.1 Å². The van der Waals surface area contributed by atoms with Crippen LogP contribution in [0.4, 0.5) is 5.82 Å². The lowest BCUT2D eigenvalue weighted by Gasteiger charge is -2.06. The van der Waals surface area contributed by atoms with E-state index in [1.54, 1.807) is 12.4 Å². The van der Waals surface area contributed by atoms with E-state index < -0.39 is 0 Å². The van der Waals surface area contributed by atoms with Crippen molar-refractivity contribution in [2.75, 3.05) is 5.73 Å². The molecule has 0 fully saturated rings. The molecule has 0 unspecified atom stereocenters. The fourth-order valence-corrected chi connectivity index (χ4v) is 1.39. The van der Waals surface area contributed by atoms with Gasteiger partial charge >= 0.3 is 0 Å². The van der Waals surface area contributed by atoms with Crippen LogP contribution in [0.5, 0.6) is 0 Å². The predicted octanol–water partition coefficient (Wildman–Crippen LogP) is 2.03. The van der Waals surface area contributed by atoms with Crippen molar-refractivity contribution in [2.45, 2.75) is 6.92 Å². The molecule has 14 heavy (non-hydrogen) atoms. The fraction of sp³-hybridized carbons (Fsp3) is 0.0909. The maximum absolute atomic E-state index is 5.73. The normalized spacial score (nSPS) is 10.1. The minimum absolute atomic E-state index is 0.575. The first-order valence-electron chi connectivity index (χ1n) is 4.40. The summed E-state index contributed by atoms with van der Waals surface area (Å²) >= 11 is 0. The average molecular weight is 185 g/mol. The Labute approximate surface area is 82.6 Å². The van der Waals surface area contributed by atoms with Crippen LogP contribution >= 0.6 is 0 Å². The summed E-state index contributed by atoms with van der Waals surface area (Å²) in [6.07, 6.45) is 5.29. The molecule has 0 atom stereocenters. The van der Waals surface area contributed by atoms with E-state index in [2.05, 4.69) is 9.97 Å². The first-order valence-corrected chi connectivity index (χ1v) is 4.40. The van der Waals surface area contributed by atoms with Gasteiger partial charge in [-0.15, -0.1) is 0 Å². The number of nitrogens with two attached hydrogens (primary N) is 1. The maximum Gasteiger partial charge on any atom is 0.126 e. The lowest BCUT2D eigenvalue weighted by atomic mass is 10.0. The molecule has 0 amide bonds. The van der Waals surface area contributed by atoms with Crippen LogP contribution in [0.25, 0.3) is 11.1 Å². The van der Waals surface area contributed by atoms with Gasteiger partial charge in [0.1, 0.15) is 5.82 Å². The van der Waals surface area contributed by atoms with E-state index in [1.165, 1.54) is 0 Å². The van der Waals surface area contributed by atoms with Gasteiger partial charge in [-0.25, -0.2) is 4.98 Å². The third-order valence-electron chi connectivity index (χ3n) is 2.22. The maximum atomic E-state index is 5.73. The Kier molecular flexibility index (Phi) is 2.14. The van der Waals surface area contributed by atoms with E-state index >= 15 is 0 Å². The molecule has 0 radical (unpaired) electrons. The van der Waals surface area contributed by atoms with Crippen molar-refractivity contribution in [2.24, 2.45) is 0 Å². The Morgan fingerprint density at radius 1 is 1.21 bits per heavy atom. The molecule has 2 N–H and O–H groups in total. The van der Waals surface area contributed by atoms with Crippen molar-refractivity contribution in [1.82, 2.24) is 9.97 Å². The lowest BCUT2D eigenvalue weighted by molar-refractivity contribution is 1.27. The van der Waals surface area contributed by atoms with Crippen LogP contribution < -0.4 is 5.73 Å². The molecule has 3 nitrogen and oxygen atoms in total. The number of hydrogen-bond donors (Lipinski definition) is 1. The number of aromatic nitrogens is 2. The minimum atomic E-state index is 0.575. The van der Waals surface area contributed by atoms with E-state index in [0.717, 1.165) is 16.7 Å². The van der Waals surface area contributed by atoms with Crippen LogP contribution in [0, 0.1) is 6.92 Å². The van der Waals surface area contributed by atoms with Gasteiger partial charge in [-0.2, -0.15) is 0 Å². The van der Waals surface area contributed by atoms with E-state index in [-0.39, 0.29) is 0 Å². The Hall–Kier alpha value is -1.90. The fourth-order valence-electron chi connectivity index (χ4n) is 1.39. The summed E-state index contributed by atoms with van der Waals surface area (Å²) in [6.45, 7) is 1.96. The summed E-state index contributed by atoms with van der Waals surface area (Å²) in [6, 6.07) is 5.86. The number of nitrogen functional groups attached to an aromatic ring is 1. The highest BCUT2D eigenvalue weighted by molar-refractivity contribution is 5.69. The highest BCUT2D eigenvalue weighted by Gasteiger charge is 2.03. The topological polar surface area (TPSA) is 51.8 Å². The van der Waals surface area contributed by atoms with Crippen molar-refractivity contribution in [3.05, 3.63) is 42.4 Å². The molecule has 0 saturated carbocycles. The molecule has 2 rings (SSSR count). The summed E-state index contributed by atoms with van der Waals surface area (Å²) in [4.78, 5) is 8.09. The van der Waals surface area contributed by atoms with E-state index in [1.807, 2.05) is 31.3 Å². The lowest BCUT2D eigenvalue weighted by Crippen LogP contribution is -1.95. The molecule has 3 heteroatoms. The SMILES string of the molecule is Cc1c(-c2cccnc2)ccnc1N. The molecular formula is C11H11N3. The molecule has 0 aliphatic rings. The first-order chi connectivity index (χ1) is 6.79. The van der Waals surface area contributed by atoms with Crippen LogP contribution in [0.3, 0.4) is 0 Å². The third-order valence-corrected chi connectivity index (χ3v) is 2.22. The monoisotopic (exact) mass is 185 g/mol. The largest absolute Gasteiger partial charge is 0.383 e. The van der Waals surface area contributed by atoms with Gasteiger partial charge < -0.3 is 5.73 Å². The summed E-state index contributed by atoms with van der Waals surface area (Å²) in [5, 5.41) is 0. The van der Waals surface area contributed by atoms with Gasteiger partial charge in [0.15, 0.2) is 0 Å². The standard InChI is InChI=1S/C11H11N3/c1-8-10(4-6-14-11(8)12)9-3-2-5-13-7-9/h2-7H,1H3,(H2,12,14). The summed E-state index contributed by atoms with van der Waals surface area (Å²) in [5.41, 5.74) is 8.88. The van der Waals surface area contributed by atoms with E-state index in [9.17, 15) is 0 Å². The van der Waals surface area contributed by atoms with Crippen molar-refractivity contribution in [1.29, 1.82) is 0 Å². The second-order valence-electron chi connectivity index (χ2n) is 3.11. The van der Waals surface area contributed by atoms with Crippen LogP contribution in [0.15, 0.2) is 36.8 Å². The van der Waals surface area contributed by atoms with Crippen molar-refractivity contribution in [3.63, 3.8) is 0 Å². The molecular weight excluding hydrogens is 174 g/mol. The molecule has 0 bridgehead atoms. The highest BCUT2D eigenvalue weighted by Crippen LogP contribution is 2.24. The van der Waals surface area contributed by atoms with Gasteiger partial charge in [-0.05, 0) is 30.2 Å². The Bertz CT molecular complexity index is 438. The molecule has 70 valence electrons. The van der Waals surface area contributed by atoms with Crippen LogP contribution in [-0.2, 0) is 0 Å². The van der Waals surface area contributed by atoms with Crippen LogP contribution in [0.1, 0.15) is 5.56 Å². The predicted molar refractivity (Wildman–Crippen MR) is 56.6 cm³/mol. The van der Waals surface area contributed by atoms with Crippen molar-refractivity contribution < 1.29 is 0 Å². The molecule has 0 aromatic carbocycles. The van der Waals surface area contributed by atoms with Gasteiger partial charge in [0.25, 0.3) is 0 Å². The molecule has 0 aliphatic carbocycles. The van der Waals surface area contributed by atoms with E-state index in [0.29, 0.717) is 5.82 Å². The second-order valence-corrected chi connectivity index (χ2v) is 3.11. The quantitative estimate of drug-likeness (QED) is 0.739. The second kappa shape index (κ2) is 3.46. The van der Waals surface area contributed by atoms with Gasteiger partial charge in [0.05, 0.1) is 0 Å². The zero-order valence-corrected chi connectivity index (χ0v) is 7.94. The van der Waals surface area contributed by atoms with Crippen LogP contribution in [0.2, 0.25) is 0 Å². The third kappa shape index (κ3) is 1.44. The highest BCUT2D eigenvalue weighted by atomic mass is 14.8. The zero-order chi connectivity index (χ0) is 9.97. The molecule has 0 spiro atoms. The minimum Gasteiger partial charge on any atom is -0.383 e. The molecule has 0 aliphatic heterocycles. The molecule has 2 heterocycles.